The van der Waals surface area contributed by atoms with Gasteiger partial charge >= 0.3 is 0 Å². The van der Waals surface area contributed by atoms with E-state index in [0.29, 0.717) is 23.7 Å². The molecule has 1 amide bonds. The number of ether oxygens (including phenoxy) is 4. The first-order valence-corrected chi connectivity index (χ1v) is 7.65. The van der Waals surface area contributed by atoms with E-state index in [2.05, 4.69) is 5.32 Å². The van der Waals surface area contributed by atoms with Crippen molar-refractivity contribution in [1.29, 1.82) is 0 Å². The average Bonchev–Trinajstić information content (AvgIpc) is 3.07. The van der Waals surface area contributed by atoms with Crippen LogP contribution < -0.4 is 24.3 Å². The first-order chi connectivity index (χ1) is 11.7. The Balaban J connectivity index is 1.82. The summed E-state index contributed by atoms with van der Waals surface area (Å²) in [5, 5.41) is 2.91. The van der Waals surface area contributed by atoms with Gasteiger partial charge in [0.25, 0.3) is 0 Å². The van der Waals surface area contributed by atoms with Gasteiger partial charge in [0.15, 0.2) is 23.0 Å². The van der Waals surface area contributed by atoms with E-state index in [4.69, 9.17) is 18.9 Å². The minimum atomic E-state index is -0.0805. The Kier molecular flexibility index (Phi) is 3.45. The van der Waals surface area contributed by atoms with Crippen LogP contribution in [0.4, 0.5) is 5.69 Å². The van der Waals surface area contributed by atoms with E-state index in [0.717, 1.165) is 22.6 Å². The van der Waals surface area contributed by atoms with Crippen LogP contribution in [0.15, 0.2) is 30.3 Å². The number of fused-ring (bicyclic) bond motifs is 2. The molecule has 0 aromatic heterocycles. The number of hydrogen-bond donors (Lipinski definition) is 1. The number of carbonyl (C=O) groups is 1. The lowest BCUT2D eigenvalue weighted by atomic mass is 9.84. The third kappa shape index (κ3) is 2.31. The molecule has 24 heavy (non-hydrogen) atoms. The van der Waals surface area contributed by atoms with Gasteiger partial charge in [-0.3, -0.25) is 4.79 Å². The number of hydrogen-bond acceptors (Lipinski definition) is 5. The molecule has 6 heteroatoms. The molecule has 124 valence electrons. The zero-order valence-corrected chi connectivity index (χ0v) is 13.4. The molecule has 1 N–H and O–H groups in total. The molecule has 2 aliphatic heterocycles. The standard InChI is InChI=1S/C18H17NO5/c1-21-15-6-12-11(7-18(20)19-13(12)8-16(15)22-2)10-3-4-14-17(5-10)24-9-23-14/h3-6,8,11H,7,9H2,1-2H3,(H,19,20)/t11-/m0/s1. The van der Waals surface area contributed by atoms with Crippen LogP contribution >= 0.6 is 0 Å². The molecular formula is C18H17NO5. The average molecular weight is 327 g/mol. The SMILES string of the molecule is COc1cc2c(cc1OC)[C@H](c1ccc3c(c1)OCO3)CC(=O)N2. The molecular weight excluding hydrogens is 310 g/mol. The largest absolute Gasteiger partial charge is 0.493 e. The van der Waals surface area contributed by atoms with E-state index in [-0.39, 0.29) is 18.6 Å². The molecule has 0 saturated heterocycles. The Morgan fingerprint density at radius 3 is 2.58 bits per heavy atom. The highest BCUT2D eigenvalue weighted by atomic mass is 16.7. The highest BCUT2D eigenvalue weighted by Crippen LogP contribution is 2.44. The number of amides is 1. The van der Waals surface area contributed by atoms with Gasteiger partial charge in [0.1, 0.15) is 0 Å². The second-order valence-electron chi connectivity index (χ2n) is 5.71. The number of anilines is 1. The number of benzene rings is 2. The first kappa shape index (κ1) is 14.7. The third-order valence-corrected chi connectivity index (χ3v) is 4.39. The Morgan fingerprint density at radius 1 is 1.04 bits per heavy atom. The maximum absolute atomic E-state index is 12.2. The van der Waals surface area contributed by atoms with Crippen LogP contribution in [0.2, 0.25) is 0 Å². The van der Waals surface area contributed by atoms with Crippen molar-refractivity contribution in [3.8, 4) is 23.0 Å². The number of nitrogens with one attached hydrogen (secondary N) is 1. The van der Waals surface area contributed by atoms with Crippen molar-refractivity contribution in [2.45, 2.75) is 12.3 Å². The number of methoxy groups -OCH3 is 2. The monoisotopic (exact) mass is 327 g/mol. The second kappa shape index (κ2) is 5.63. The zero-order valence-electron chi connectivity index (χ0n) is 13.4. The van der Waals surface area contributed by atoms with Gasteiger partial charge in [-0.15, -0.1) is 0 Å². The molecule has 0 unspecified atom stereocenters. The molecule has 2 heterocycles. The summed E-state index contributed by atoms with van der Waals surface area (Å²) in [7, 11) is 3.17. The van der Waals surface area contributed by atoms with Crippen LogP contribution in [-0.4, -0.2) is 26.9 Å². The van der Waals surface area contributed by atoms with Crippen molar-refractivity contribution in [3.05, 3.63) is 41.5 Å². The molecule has 0 radical (unpaired) electrons. The quantitative estimate of drug-likeness (QED) is 0.939. The van der Waals surface area contributed by atoms with Gasteiger partial charge in [0.05, 0.1) is 14.2 Å². The second-order valence-corrected chi connectivity index (χ2v) is 5.71. The van der Waals surface area contributed by atoms with Crippen molar-refractivity contribution in [2.75, 3.05) is 26.3 Å². The fourth-order valence-electron chi connectivity index (χ4n) is 3.22. The van der Waals surface area contributed by atoms with Gasteiger partial charge < -0.3 is 24.3 Å². The van der Waals surface area contributed by atoms with E-state index >= 15 is 0 Å². The first-order valence-electron chi connectivity index (χ1n) is 7.65. The summed E-state index contributed by atoms with van der Waals surface area (Å²) >= 11 is 0. The maximum Gasteiger partial charge on any atom is 0.231 e. The van der Waals surface area contributed by atoms with Crippen molar-refractivity contribution in [3.63, 3.8) is 0 Å². The minimum Gasteiger partial charge on any atom is -0.493 e. The molecule has 0 spiro atoms. The van der Waals surface area contributed by atoms with Crippen LogP contribution in [0.3, 0.4) is 0 Å². The normalized spacial score (nSPS) is 17.9. The number of rotatable bonds is 3. The van der Waals surface area contributed by atoms with Crippen LogP contribution in [0.1, 0.15) is 23.5 Å². The Hall–Kier alpha value is -2.89. The predicted octanol–water partition coefficient (Wildman–Crippen LogP) is 2.91. The molecule has 6 nitrogen and oxygen atoms in total. The van der Waals surface area contributed by atoms with Crippen molar-refractivity contribution >= 4 is 11.6 Å². The summed E-state index contributed by atoms with van der Waals surface area (Å²) in [5.41, 5.74) is 2.74. The van der Waals surface area contributed by atoms with E-state index < -0.39 is 0 Å². The van der Waals surface area contributed by atoms with E-state index in [9.17, 15) is 4.79 Å². The summed E-state index contributed by atoms with van der Waals surface area (Å²) in [6, 6.07) is 9.50. The molecule has 0 saturated carbocycles. The lowest BCUT2D eigenvalue weighted by Crippen LogP contribution is -2.23. The molecule has 2 aromatic carbocycles. The van der Waals surface area contributed by atoms with E-state index in [1.54, 1.807) is 20.3 Å². The fourth-order valence-corrected chi connectivity index (χ4v) is 3.22. The molecule has 2 aliphatic rings. The molecule has 0 fully saturated rings. The van der Waals surface area contributed by atoms with Gasteiger partial charge in [-0.25, -0.2) is 0 Å². The Morgan fingerprint density at radius 2 is 1.79 bits per heavy atom. The van der Waals surface area contributed by atoms with Gasteiger partial charge in [-0.1, -0.05) is 6.07 Å². The van der Waals surface area contributed by atoms with Crippen LogP contribution in [0.5, 0.6) is 23.0 Å². The number of carbonyl (C=O) groups excluding carboxylic acids is 1. The third-order valence-electron chi connectivity index (χ3n) is 4.39. The van der Waals surface area contributed by atoms with E-state index in [1.165, 1.54) is 0 Å². The highest BCUT2D eigenvalue weighted by Gasteiger charge is 2.29. The predicted molar refractivity (Wildman–Crippen MR) is 87.2 cm³/mol. The Labute approximate surface area is 139 Å². The molecule has 4 rings (SSSR count). The van der Waals surface area contributed by atoms with E-state index in [1.807, 2.05) is 24.3 Å². The van der Waals surface area contributed by atoms with Crippen LogP contribution in [0, 0.1) is 0 Å². The Bertz CT molecular complexity index is 817. The van der Waals surface area contributed by atoms with Gasteiger partial charge in [0.2, 0.25) is 12.7 Å². The summed E-state index contributed by atoms with van der Waals surface area (Å²) < 4.78 is 21.5. The van der Waals surface area contributed by atoms with Gasteiger partial charge in [-0.2, -0.15) is 0 Å². The summed E-state index contributed by atoms with van der Waals surface area (Å²) in [6.45, 7) is 0.228. The zero-order chi connectivity index (χ0) is 16.7. The van der Waals surface area contributed by atoms with Gasteiger partial charge in [0, 0.05) is 24.1 Å². The summed E-state index contributed by atoms with van der Waals surface area (Å²) in [4.78, 5) is 12.2. The molecule has 0 aliphatic carbocycles. The smallest absolute Gasteiger partial charge is 0.231 e. The fraction of sp³-hybridized carbons (Fsp3) is 0.278. The topological polar surface area (TPSA) is 66.0 Å². The van der Waals surface area contributed by atoms with Crippen molar-refractivity contribution in [1.82, 2.24) is 0 Å². The summed E-state index contributed by atoms with van der Waals surface area (Å²) in [6.07, 6.45) is 0.363. The lowest BCUT2D eigenvalue weighted by Gasteiger charge is -2.27. The lowest BCUT2D eigenvalue weighted by molar-refractivity contribution is -0.116. The minimum absolute atomic E-state index is 0.0302. The van der Waals surface area contributed by atoms with Crippen molar-refractivity contribution in [2.24, 2.45) is 0 Å². The molecule has 2 aromatic rings. The summed E-state index contributed by atoms with van der Waals surface area (Å²) in [5.74, 6) is 2.55. The molecule has 0 bridgehead atoms. The van der Waals surface area contributed by atoms with Crippen LogP contribution in [-0.2, 0) is 4.79 Å². The highest BCUT2D eigenvalue weighted by molar-refractivity contribution is 5.96. The van der Waals surface area contributed by atoms with Crippen molar-refractivity contribution < 1.29 is 23.7 Å². The molecule has 1 atom stereocenters. The van der Waals surface area contributed by atoms with Crippen LogP contribution in [0.25, 0.3) is 0 Å². The van der Waals surface area contributed by atoms with Gasteiger partial charge in [-0.05, 0) is 29.3 Å². The maximum atomic E-state index is 12.2.